The summed E-state index contributed by atoms with van der Waals surface area (Å²) in [5.41, 5.74) is 0. The molecule has 1 unspecified atom stereocenters. The third-order valence-electron chi connectivity index (χ3n) is 6.64. The highest BCUT2D eigenvalue weighted by molar-refractivity contribution is 8.13. The standard InChI is InChI=1S/C17H26N4O5S.C7H12N2O4S/c22-13(18-8-14(23)21-7-3-4-11(21)16(24)25)6-2-1-5-12-15-10(9-27-12)19-17(26)20-15;1-4(10)9-5(6(11)12)3-14-7(13)8-2/h10-12,15H,1-9H2,(H,18,22)(H,24,25)(H2,19,20,26);5H,3H2,1-2H3,(H,8,13)(H,9,10)(H,11,12)/t10-,11-,12-,15-;/m0./s1. The van der Waals surface area contributed by atoms with E-state index in [0.29, 0.717) is 31.1 Å². The summed E-state index contributed by atoms with van der Waals surface area (Å²) in [6, 6.07) is -1.51. The maximum absolute atomic E-state index is 12.1. The number of carboxylic acids is 2. The quantitative estimate of drug-likeness (QED) is 0.110. The lowest BCUT2D eigenvalue weighted by atomic mass is 10.0. The van der Waals surface area contributed by atoms with Gasteiger partial charge in [0, 0.05) is 43.7 Å². The number of nitrogens with zero attached hydrogens (tertiary/aromatic N) is 1. The second-order valence-electron chi connectivity index (χ2n) is 9.67. The molecule has 6 amide bonds. The molecule has 230 valence electrons. The molecule has 0 bridgehead atoms. The first kappa shape index (κ1) is 34.0. The number of thioether (sulfide) groups is 2. The van der Waals surface area contributed by atoms with Crippen molar-refractivity contribution in [2.75, 3.05) is 31.6 Å². The SMILES string of the molecule is CNC(=O)SCC(NC(C)=O)C(=O)O.O=C(CCCC[C@@H]1SC[C@@H]2NC(=O)N[C@@H]21)NCC(=O)N1CCC[C@H]1C(=O)O. The van der Waals surface area contributed by atoms with Crippen molar-refractivity contribution < 1.29 is 43.8 Å². The van der Waals surface area contributed by atoms with Gasteiger partial charge < -0.3 is 41.7 Å². The number of nitrogens with one attached hydrogen (secondary N) is 5. The van der Waals surface area contributed by atoms with Gasteiger partial charge in [-0.1, -0.05) is 18.2 Å². The third-order valence-corrected chi connectivity index (χ3v) is 9.11. The van der Waals surface area contributed by atoms with Crippen molar-refractivity contribution in [2.45, 2.75) is 74.9 Å². The molecule has 3 aliphatic rings. The van der Waals surface area contributed by atoms with Gasteiger partial charge in [-0.05, 0) is 25.7 Å². The Bertz CT molecular complexity index is 1000. The monoisotopic (exact) mass is 618 g/mol. The molecule has 17 heteroatoms. The van der Waals surface area contributed by atoms with Crippen LogP contribution in [-0.4, -0.2) is 117 Å². The normalized spacial score (nSPS) is 23.2. The van der Waals surface area contributed by atoms with Crippen LogP contribution in [0.2, 0.25) is 0 Å². The van der Waals surface area contributed by atoms with Crippen LogP contribution in [0.15, 0.2) is 0 Å². The number of carbonyl (C=O) groups excluding carboxylic acids is 5. The van der Waals surface area contributed by atoms with E-state index in [1.54, 1.807) is 0 Å². The number of fused-ring (bicyclic) bond motifs is 1. The fraction of sp³-hybridized carbons (Fsp3) is 0.708. The molecular weight excluding hydrogens is 580 g/mol. The van der Waals surface area contributed by atoms with Gasteiger partial charge in [0.2, 0.25) is 17.7 Å². The van der Waals surface area contributed by atoms with E-state index < -0.39 is 29.9 Å². The van der Waals surface area contributed by atoms with E-state index in [9.17, 15) is 33.6 Å². The Morgan fingerprint density at radius 1 is 1.15 bits per heavy atom. The fourth-order valence-electron chi connectivity index (χ4n) is 4.61. The molecule has 3 heterocycles. The summed E-state index contributed by atoms with van der Waals surface area (Å²) in [6.07, 6.45) is 4.02. The summed E-state index contributed by atoms with van der Waals surface area (Å²) in [6.45, 7) is 1.50. The maximum Gasteiger partial charge on any atom is 0.327 e. The number of likely N-dealkylation sites (tertiary alicyclic amines) is 1. The van der Waals surface area contributed by atoms with Crippen LogP contribution in [0.5, 0.6) is 0 Å². The second-order valence-corrected chi connectivity index (χ2v) is 11.9. The zero-order valence-corrected chi connectivity index (χ0v) is 24.6. The highest BCUT2D eigenvalue weighted by atomic mass is 32.2. The van der Waals surface area contributed by atoms with Gasteiger partial charge >= 0.3 is 18.0 Å². The van der Waals surface area contributed by atoms with Gasteiger partial charge in [-0.2, -0.15) is 11.8 Å². The van der Waals surface area contributed by atoms with E-state index in [1.807, 2.05) is 11.8 Å². The molecule has 3 rings (SSSR count). The Labute approximate surface area is 246 Å². The van der Waals surface area contributed by atoms with Gasteiger partial charge in [-0.3, -0.25) is 19.2 Å². The predicted molar refractivity (Wildman–Crippen MR) is 151 cm³/mol. The van der Waals surface area contributed by atoms with E-state index in [-0.39, 0.29) is 47.5 Å². The smallest absolute Gasteiger partial charge is 0.327 e. The molecular formula is C24H38N6O9S2. The number of aliphatic carboxylic acids is 2. The van der Waals surface area contributed by atoms with Crippen LogP contribution in [-0.2, 0) is 24.0 Å². The van der Waals surface area contributed by atoms with Crippen LogP contribution in [0.3, 0.4) is 0 Å². The van der Waals surface area contributed by atoms with E-state index in [4.69, 9.17) is 10.2 Å². The molecule has 0 aromatic carbocycles. The van der Waals surface area contributed by atoms with Gasteiger partial charge in [0.25, 0.3) is 5.24 Å². The average Bonchev–Trinajstić information content (AvgIpc) is 3.64. The minimum absolute atomic E-state index is 0.00852. The van der Waals surface area contributed by atoms with Crippen molar-refractivity contribution in [3.8, 4) is 0 Å². The number of carboxylic acid groups (broad SMARTS) is 2. The maximum atomic E-state index is 12.1. The average molecular weight is 619 g/mol. The highest BCUT2D eigenvalue weighted by Gasteiger charge is 2.42. The predicted octanol–water partition coefficient (Wildman–Crippen LogP) is -0.448. The molecule has 5 atom stereocenters. The Balaban J connectivity index is 0.000000357. The lowest BCUT2D eigenvalue weighted by Gasteiger charge is -2.21. The van der Waals surface area contributed by atoms with Crippen LogP contribution >= 0.6 is 23.5 Å². The summed E-state index contributed by atoms with van der Waals surface area (Å²) >= 11 is 2.66. The van der Waals surface area contributed by atoms with Crippen LogP contribution in [0.1, 0.15) is 45.4 Å². The Morgan fingerprint density at radius 2 is 1.88 bits per heavy atom. The Hall–Kier alpha value is -3.21. The van der Waals surface area contributed by atoms with Crippen molar-refractivity contribution in [2.24, 2.45) is 0 Å². The highest BCUT2D eigenvalue weighted by Crippen LogP contribution is 2.33. The fourth-order valence-corrected chi connectivity index (χ4v) is 6.84. The molecule has 0 aliphatic carbocycles. The van der Waals surface area contributed by atoms with Crippen LogP contribution < -0.4 is 26.6 Å². The molecule has 41 heavy (non-hydrogen) atoms. The Morgan fingerprint density at radius 3 is 2.51 bits per heavy atom. The third kappa shape index (κ3) is 11.3. The topological polar surface area (TPSA) is 223 Å². The zero-order chi connectivity index (χ0) is 30.5. The van der Waals surface area contributed by atoms with E-state index in [0.717, 1.165) is 36.8 Å². The first-order valence-corrected chi connectivity index (χ1v) is 15.3. The summed E-state index contributed by atoms with van der Waals surface area (Å²) in [7, 11) is 1.45. The van der Waals surface area contributed by atoms with Crippen molar-refractivity contribution in [1.82, 2.24) is 31.5 Å². The van der Waals surface area contributed by atoms with Gasteiger partial charge in [0.05, 0.1) is 18.6 Å². The molecule has 3 fully saturated rings. The molecule has 7 N–H and O–H groups in total. The summed E-state index contributed by atoms with van der Waals surface area (Å²) in [5, 5.41) is 30.8. The van der Waals surface area contributed by atoms with E-state index in [2.05, 4.69) is 26.6 Å². The zero-order valence-electron chi connectivity index (χ0n) is 23.0. The van der Waals surface area contributed by atoms with Gasteiger partial charge in [-0.15, -0.1) is 0 Å². The van der Waals surface area contributed by atoms with Crippen molar-refractivity contribution in [3.63, 3.8) is 0 Å². The lowest BCUT2D eigenvalue weighted by molar-refractivity contribution is -0.148. The molecule has 0 radical (unpaired) electrons. The number of rotatable bonds is 12. The second kappa shape index (κ2) is 16.9. The van der Waals surface area contributed by atoms with Crippen molar-refractivity contribution >= 4 is 64.5 Å². The number of hydrogen-bond acceptors (Lipinski definition) is 9. The molecule has 0 spiro atoms. The van der Waals surface area contributed by atoms with Crippen molar-refractivity contribution in [3.05, 3.63) is 0 Å². The largest absolute Gasteiger partial charge is 0.480 e. The summed E-state index contributed by atoms with van der Waals surface area (Å²) in [5.74, 6) is -2.19. The van der Waals surface area contributed by atoms with Crippen molar-refractivity contribution in [1.29, 1.82) is 0 Å². The first-order valence-electron chi connectivity index (χ1n) is 13.2. The van der Waals surface area contributed by atoms with Crippen LogP contribution in [0.4, 0.5) is 9.59 Å². The number of carbonyl (C=O) groups is 7. The summed E-state index contributed by atoms with van der Waals surface area (Å²) < 4.78 is 0. The van der Waals surface area contributed by atoms with Crippen LogP contribution in [0.25, 0.3) is 0 Å². The molecule has 15 nitrogen and oxygen atoms in total. The molecule has 0 aromatic heterocycles. The first-order chi connectivity index (χ1) is 19.4. The van der Waals surface area contributed by atoms with Gasteiger partial charge in [-0.25, -0.2) is 14.4 Å². The number of unbranched alkanes of at least 4 members (excludes halogenated alkanes) is 1. The minimum atomic E-state index is -1.16. The molecule has 3 aliphatic heterocycles. The molecule has 3 saturated heterocycles. The summed E-state index contributed by atoms with van der Waals surface area (Å²) in [4.78, 5) is 79.8. The molecule has 0 aromatic rings. The van der Waals surface area contributed by atoms with E-state index >= 15 is 0 Å². The number of hydrogen-bond donors (Lipinski definition) is 7. The Kier molecular flexibility index (Phi) is 14.0. The number of amides is 6. The van der Waals surface area contributed by atoms with Gasteiger partial charge in [0.1, 0.15) is 12.1 Å². The van der Waals surface area contributed by atoms with Gasteiger partial charge in [0.15, 0.2) is 0 Å². The minimum Gasteiger partial charge on any atom is -0.480 e. The van der Waals surface area contributed by atoms with Crippen LogP contribution in [0, 0.1) is 0 Å². The molecule has 0 saturated carbocycles. The lowest BCUT2D eigenvalue weighted by Crippen LogP contribution is -2.45. The number of urea groups is 1. The van der Waals surface area contributed by atoms with E-state index in [1.165, 1.54) is 18.9 Å².